The fourth-order valence-electron chi connectivity index (χ4n) is 1.41. The van der Waals surface area contributed by atoms with Crippen LogP contribution in [0, 0.1) is 6.92 Å². The van der Waals surface area contributed by atoms with Crippen LogP contribution < -0.4 is 0 Å². The van der Waals surface area contributed by atoms with Gasteiger partial charge in [0.15, 0.2) is 0 Å². The summed E-state index contributed by atoms with van der Waals surface area (Å²) in [5.41, 5.74) is 0. The normalized spacial score (nSPS) is 10.3. The van der Waals surface area contributed by atoms with Crippen LogP contribution in [0.3, 0.4) is 0 Å². The predicted molar refractivity (Wildman–Crippen MR) is 63.5 cm³/mol. The molecular formula is C13H25O2. The molecule has 2 nitrogen and oxygen atoms in total. The van der Waals surface area contributed by atoms with E-state index in [2.05, 4.69) is 13.8 Å². The van der Waals surface area contributed by atoms with Crippen molar-refractivity contribution in [1.29, 1.82) is 0 Å². The van der Waals surface area contributed by atoms with Gasteiger partial charge in [0.25, 0.3) is 0 Å². The highest BCUT2D eigenvalue weighted by atomic mass is 16.5. The maximum atomic E-state index is 11.2. The third-order valence-corrected chi connectivity index (χ3v) is 2.39. The Bertz CT molecular complexity index is 143. The van der Waals surface area contributed by atoms with Crippen LogP contribution in [-0.2, 0) is 9.53 Å². The predicted octanol–water partition coefficient (Wildman–Crippen LogP) is 3.89. The Labute approximate surface area is 94.4 Å². The van der Waals surface area contributed by atoms with Crippen molar-refractivity contribution in [2.45, 2.75) is 64.7 Å². The summed E-state index contributed by atoms with van der Waals surface area (Å²) in [6, 6.07) is 0. The number of carbonyl (C=O) groups excluding carboxylic acids is 1. The zero-order chi connectivity index (χ0) is 11.4. The Hall–Kier alpha value is -0.530. The van der Waals surface area contributed by atoms with Crippen molar-refractivity contribution in [3.05, 3.63) is 6.92 Å². The van der Waals surface area contributed by atoms with Crippen LogP contribution in [-0.4, -0.2) is 12.6 Å². The molecule has 0 saturated heterocycles. The van der Waals surface area contributed by atoms with Gasteiger partial charge in [-0.15, -0.1) is 0 Å². The molecule has 0 saturated carbocycles. The highest BCUT2D eigenvalue weighted by Crippen LogP contribution is 2.04. The molecule has 0 aliphatic heterocycles. The number of unbranched alkanes of at least 4 members (excludes halogenated alkanes) is 6. The fourth-order valence-corrected chi connectivity index (χ4v) is 1.41. The lowest BCUT2D eigenvalue weighted by Gasteiger charge is -2.04. The van der Waals surface area contributed by atoms with Crippen molar-refractivity contribution in [1.82, 2.24) is 0 Å². The Kier molecular flexibility index (Phi) is 11.1. The first kappa shape index (κ1) is 14.5. The second-order valence-corrected chi connectivity index (χ2v) is 3.95. The van der Waals surface area contributed by atoms with Crippen molar-refractivity contribution < 1.29 is 9.53 Å². The highest BCUT2D eigenvalue weighted by Gasteiger charge is 2.01. The first-order valence-corrected chi connectivity index (χ1v) is 6.26. The van der Waals surface area contributed by atoms with Gasteiger partial charge >= 0.3 is 5.97 Å². The molecule has 0 amide bonds. The summed E-state index contributed by atoms with van der Waals surface area (Å²) in [6.45, 7) is 6.54. The number of hydrogen-bond donors (Lipinski definition) is 0. The van der Waals surface area contributed by atoms with Gasteiger partial charge in [0.05, 0.1) is 6.61 Å². The van der Waals surface area contributed by atoms with Gasteiger partial charge in [-0.2, -0.15) is 0 Å². The van der Waals surface area contributed by atoms with Crippen molar-refractivity contribution in [2.24, 2.45) is 0 Å². The second-order valence-electron chi connectivity index (χ2n) is 3.95. The maximum absolute atomic E-state index is 11.2. The monoisotopic (exact) mass is 213 g/mol. The summed E-state index contributed by atoms with van der Waals surface area (Å²) in [4.78, 5) is 11.2. The number of rotatable bonds is 10. The quantitative estimate of drug-likeness (QED) is 0.406. The van der Waals surface area contributed by atoms with E-state index in [1.807, 2.05) is 0 Å². The molecule has 0 aliphatic carbocycles. The lowest BCUT2D eigenvalue weighted by atomic mass is 10.2. The molecule has 0 rings (SSSR count). The van der Waals surface area contributed by atoms with E-state index < -0.39 is 0 Å². The third-order valence-electron chi connectivity index (χ3n) is 2.39. The topological polar surface area (TPSA) is 26.3 Å². The number of esters is 1. The summed E-state index contributed by atoms with van der Waals surface area (Å²) in [5.74, 6) is -0.0426. The lowest BCUT2D eigenvalue weighted by molar-refractivity contribution is -0.143. The van der Waals surface area contributed by atoms with E-state index in [1.165, 1.54) is 25.7 Å². The minimum absolute atomic E-state index is 0.0426. The van der Waals surface area contributed by atoms with Crippen molar-refractivity contribution in [2.75, 3.05) is 6.61 Å². The number of hydrogen-bond acceptors (Lipinski definition) is 2. The van der Waals surface area contributed by atoms with Gasteiger partial charge in [0.1, 0.15) is 0 Å². The van der Waals surface area contributed by atoms with E-state index >= 15 is 0 Å². The molecule has 15 heavy (non-hydrogen) atoms. The Morgan fingerprint density at radius 3 is 2.47 bits per heavy atom. The molecule has 0 aliphatic rings. The van der Waals surface area contributed by atoms with Gasteiger partial charge < -0.3 is 4.74 Å². The summed E-state index contributed by atoms with van der Waals surface area (Å²) in [6.07, 6.45) is 9.40. The summed E-state index contributed by atoms with van der Waals surface area (Å²) < 4.78 is 5.11. The minimum Gasteiger partial charge on any atom is -0.466 e. The standard InChI is InChI=1S/C13H25O2/c1-3-5-7-8-10-12-15-13(14)11-9-6-4-2/h2-12H2,1H3. The van der Waals surface area contributed by atoms with Crippen LogP contribution in [0.25, 0.3) is 0 Å². The van der Waals surface area contributed by atoms with Gasteiger partial charge in [-0.3, -0.25) is 4.79 Å². The summed E-state index contributed by atoms with van der Waals surface area (Å²) >= 11 is 0. The van der Waals surface area contributed by atoms with Crippen LogP contribution in [0.4, 0.5) is 0 Å². The van der Waals surface area contributed by atoms with Gasteiger partial charge in [-0.05, 0) is 12.8 Å². The van der Waals surface area contributed by atoms with Crippen LogP contribution in [0.5, 0.6) is 0 Å². The fraction of sp³-hybridized carbons (Fsp3) is 0.846. The van der Waals surface area contributed by atoms with E-state index in [-0.39, 0.29) is 5.97 Å². The molecule has 0 spiro atoms. The van der Waals surface area contributed by atoms with E-state index in [0.717, 1.165) is 25.7 Å². The molecule has 0 bridgehead atoms. The second kappa shape index (κ2) is 11.5. The smallest absolute Gasteiger partial charge is 0.305 e. The van der Waals surface area contributed by atoms with Crippen molar-refractivity contribution in [3.63, 3.8) is 0 Å². The largest absolute Gasteiger partial charge is 0.466 e. The molecule has 2 heteroatoms. The molecule has 0 heterocycles. The highest BCUT2D eigenvalue weighted by molar-refractivity contribution is 5.69. The van der Waals surface area contributed by atoms with Crippen LogP contribution in [0.2, 0.25) is 0 Å². The molecular weight excluding hydrogens is 188 g/mol. The molecule has 0 aromatic heterocycles. The molecule has 0 aromatic rings. The molecule has 0 aromatic carbocycles. The van der Waals surface area contributed by atoms with E-state index in [1.54, 1.807) is 0 Å². The van der Waals surface area contributed by atoms with Crippen LogP contribution >= 0.6 is 0 Å². The molecule has 0 unspecified atom stereocenters. The van der Waals surface area contributed by atoms with E-state index in [0.29, 0.717) is 13.0 Å². The SMILES string of the molecule is [CH2]CCCCC(=O)OCCCCCCC. The van der Waals surface area contributed by atoms with E-state index in [9.17, 15) is 4.79 Å². The van der Waals surface area contributed by atoms with Crippen LogP contribution in [0.1, 0.15) is 64.7 Å². The minimum atomic E-state index is -0.0426. The Morgan fingerprint density at radius 2 is 1.80 bits per heavy atom. The number of carbonyl (C=O) groups is 1. The molecule has 0 atom stereocenters. The maximum Gasteiger partial charge on any atom is 0.305 e. The van der Waals surface area contributed by atoms with Gasteiger partial charge in [-0.25, -0.2) is 0 Å². The first-order chi connectivity index (χ1) is 7.31. The van der Waals surface area contributed by atoms with Crippen molar-refractivity contribution in [3.8, 4) is 0 Å². The Balaban J connectivity index is 3.10. The molecule has 1 radical (unpaired) electrons. The van der Waals surface area contributed by atoms with E-state index in [4.69, 9.17) is 4.74 Å². The molecule has 0 fully saturated rings. The van der Waals surface area contributed by atoms with Crippen molar-refractivity contribution >= 4 is 5.97 Å². The molecule has 0 N–H and O–H groups in total. The summed E-state index contributed by atoms with van der Waals surface area (Å²) in [7, 11) is 0. The summed E-state index contributed by atoms with van der Waals surface area (Å²) in [5, 5.41) is 0. The Morgan fingerprint density at radius 1 is 1.07 bits per heavy atom. The average molecular weight is 213 g/mol. The average Bonchev–Trinajstić information content (AvgIpc) is 2.23. The first-order valence-electron chi connectivity index (χ1n) is 6.26. The van der Waals surface area contributed by atoms with Gasteiger partial charge in [-0.1, -0.05) is 52.4 Å². The lowest BCUT2D eigenvalue weighted by Crippen LogP contribution is -2.05. The van der Waals surface area contributed by atoms with Crippen LogP contribution in [0.15, 0.2) is 0 Å². The van der Waals surface area contributed by atoms with Gasteiger partial charge in [0.2, 0.25) is 0 Å². The third kappa shape index (κ3) is 11.4. The zero-order valence-electron chi connectivity index (χ0n) is 10.1. The molecule has 89 valence electrons. The number of ether oxygens (including phenoxy) is 1. The zero-order valence-corrected chi connectivity index (χ0v) is 10.1. The van der Waals surface area contributed by atoms with Gasteiger partial charge in [0, 0.05) is 6.42 Å².